The molecule has 0 aliphatic carbocycles. The zero-order valence-electron chi connectivity index (χ0n) is 8.97. The van der Waals surface area contributed by atoms with Crippen molar-refractivity contribution >= 4 is 11.3 Å². The normalized spacial score (nSPS) is 12.9. The van der Waals surface area contributed by atoms with Crippen LogP contribution in [0.1, 0.15) is 23.5 Å². The van der Waals surface area contributed by atoms with Crippen molar-refractivity contribution in [1.29, 1.82) is 0 Å². The van der Waals surface area contributed by atoms with Crippen molar-refractivity contribution in [3.05, 3.63) is 40.3 Å². The minimum absolute atomic E-state index is 0.395. The van der Waals surface area contributed by atoms with E-state index in [1.165, 1.54) is 4.88 Å². The first kappa shape index (κ1) is 10.4. The molecule has 1 N–H and O–H groups in total. The zero-order valence-corrected chi connectivity index (χ0v) is 9.79. The van der Waals surface area contributed by atoms with E-state index in [0.717, 1.165) is 12.2 Å². The molecular weight excluding hydrogens is 206 g/mol. The Morgan fingerprint density at radius 3 is 3.00 bits per heavy atom. The van der Waals surface area contributed by atoms with Crippen LogP contribution in [0.5, 0.6) is 0 Å². The van der Waals surface area contributed by atoms with Crippen LogP contribution < -0.4 is 5.32 Å². The average Bonchev–Trinajstić information content (AvgIpc) is 2.84. The predicted octanol–water partition coefficient (Wildman–Crippen LogP) is 2.33. The van der Waals surface area contributed by atoms with Gasteiger partial charge in [0, 0.05) is 30.7 Å². The van der Waals surface area contributed by atoms with Gasteiger partial charge in [0.15, 0.2) is 0 Å². The Kier molecular flexibility index (Phi) is 3.18. The quantitative estimate of drug-likeness (QED) is 0.858. The summed E-state index contributed by atoms with van der Waals surface area (Å²) in [5.41, 5.74) is 1.08. The molecule has 0 aromatic carbocycles. The third-order valence-corrected chi connectivity index (χ3v) is 3.38. The van der Waals surface area contributed by atoms with Gasteiger partial charge in [0.05, 0.1) is 5.69 Å². The van der Waals surface area contributed by atoms with E-state index in [1.807, 2.05) is 24.0 Å². The Bertz CT molecular complexity index is 405. The summed E-state index contributed by atoms with van der Waals surface area (Å²) in [7, 11) is 1.94. The second kappa shape index (κ2) is 4.59. The molecule has 0 spiro atoms. The first-order chi connectivity index (χ1) is 7.25. The van der Waals surface area contributed by atoms with E-state index in [2.05, 4.69) is 34.9 Å². The Balaban J connectivity index is 1.88. The molecule has 80 valence electrons. The maximum absolute atomic E-state index is 4.32. The largest absolute Gasteiger partial charge is 0.304 e. The highest BCUT2D eigenvalue weighted by Crippen LogP contribution is 2.18. The van der Waals surface area contributed by atoms with Crippen molar-refractivity contribution in [3.8, 4) is 0 Å². The zero-order chi connectivity index (χ0) is 10.7. The third kappa shape index (κ3) is 2.67. The van der Waals surface area contributed by atoms with Gasteiger partial charge in [-0.1, -0.05) is 6.07 Å². The molecule has 4 heteroatoms. The van der Waals surface area contributed by atoms with Crippen LogP contribution in [0.4, 0.5) is 0 Å². The Labute approximate surface area is 93.7 Å². The fraction of sp³-hybridized carbons (Fsp3) is 0.364. The van der Waals surface area contributed by atoms with E-state index in [9.17, 15) is 0 Å². The highest BCUT2D eigenvalue weighted by molar-refractivity contribution is 7.10. The monoisotopic (exact) mass is 221 g/mol. The molecule has 0 unspecified atom stereocenters. The maximum atomic E-state index is 4.32. The third-order valence-electron chi connectivity index (χ3n) is 2.33. The summed E-state index contributed by atoms with van der Waals surface area (Å²) in [4.78, 5) is 1.37. The van der Waals surface area contributed by atoms with Gasteiger partial charge in [-0.05, 0) is 24.4 Å². The van der Waals surface area contributed by atoms with Crippen LogP contribution in [-0.4, -0.2) is 9.78 Å². The molecule has 0 amide bonds. The summed E-state index contributed by atoms with van der Waals surface area (Å²) >= 11 is 1.78. The molecule has 0 bridgehead atoms. The van der Waals surface area contributed by atoms with Gasteiger partial charge in [0.25, 0.3) is 0 Å². The molecule has 2 heterocycles. The number of nitrogens with one attached hydrogen (secondary N) is 1. The molecule has 0 saturated carbocycles. The van der Waals surface area contributed by atoms with Gasteiger partial charge in [0.1, 0.15) is 0 Å². The van der Waals surface area contributed by atoms with Crippen molar-refractivity contribution in [1.82, 2.24) is 15.1 Å². The molecule has 2 aromatic heterocycles. The molecule has 0 radical (unpaired) electrons. The number of aromatic nitrogens is 2. The van der Waals surface area contributed by atoms with E-state index in [-0.39, 0.29) is 0 Å². The van der Waals surface area contributed by atoms with Crippen molar-refractivity contribution in [2.24, 2.45) is 7.05 Å². The van der Waals surface area contributed by atoms with Crippen LogP contribution in [0.2, 0.25) is 0 Å². The topological polar surface area (TPSA) is 29.9 Å². The second-order valence-corrected chi connectivity index (χ2v) is 4.58. The molecule has 0 aliphatic heterocycles. The van der Waals surface area contributed by atoms with E-state index in [4.69, 9.17) is 0 Å². The fourth-order valence-electron chi connectivity index (χ4n) is 1.45. The Hall–Kier alpha value is -1.13. The smallest absolute Gasteiger partial charge is 0.0762 e. The lowest BCUT2D eigenvalue weighted by atomic mass is 10.2. The molecule has 1 atom stereocenters. The standard InChI is InChI=1S/C11H15N3S/c1-9(11-4-3-7-15-11)12-8-10-5-6-14(2)13-10/h3-7,9,12H,8H2,1-2H3/t9-/m0/s1. The number of aryl methyl sites for hydroxylation is 1. The lowest BCUT2D eigenvalue weighted by molar-refractivity contribution is 0.569. The van der Waals surface area contributed by atoms with Gasteiger partial charge < -0.3 is 5.32 Å². The predicted molar refractivity (Wildman–Crippen MR) is 62.8 cm³/mol. The summed E-state index contributed by atoms with van der Waals surface area (Å²) in [6.07, 6.45) is 1.97. The van der Waals surface area contributed by atoms with Gasteiger partial charge in [0.2, 0.25) is 0 Å². The van der Waals surface area contributed by atoms with E-state index < -0.39 is 0 Å². The lowest BCUT2D eigenvalue weighted by Gasteiger charge is -2.10. The minimum atomic E-state index is 0.395. The summed E-state index contributed by atoms with van der Waals surface area (Å²) in [5, 5.41) is 9.88. The highest BCUT2D eigenvalue weighted by atomic mass is 32.1. The summed E-state index contributed by atoms with van der Waals surface area (Å²) in [6, 6.07) is 6.67. The summed E-state index contributed by atoms with van der Waals surface area (Å²) in [6.45, 7) is 2.99. The van der Waals surface area contributed by atoms with Crippen molar-refractivity contribution in [2.45, 2.75) is 19.5 Å². The number of nitrogens with zero attached hydrogens (tertiary/aromatic N) is 2. The first-order valence-corrected chi connectivity index (χ1v) is 5.89. The molecule has 15 heavy (non-hydrogen) atoms. The minimum Gasteiger partial charge on any atom is -0.304 e. The fourth-order valence-corrected chi connectivity index (χ4v) is 2.21. The highest BCUT2D eigenvalue weighted by Gasteiger charge is 2.05. The summed E-state index contributed by atoms with van der Waals surface area (Å²) < 4.78 is 1.83. The van der Waals surface area contributed by atoms with Crippen LogP contribution in [0, 0.1) is 0 Å². The Morgan fingerprint density at radius 2 is 2.40 bits per heavy atom. The first-order valence-electron chi connectivity index (χ1n) is 5.01. The Morgan fingerprint density at radius 1 is 1.53 bits per heavy atom. The molecule has 0 saturated heterocycles. The SMILES string of the molecule is C[C@H](NCc1ccn(C)n1)c1cccs1. The molecule has 2 rings (SSSR count). The second-order valence-electron chi connectivity index (χ2n) is 3.60. The van der Waals surface area contributed by atoms with Crippen molar-refractivity contribution < 1.29 is 0 Å². The lowest BCUT2D eigenvalue weighted by Crippen LogP contribution is -2.17. The molecule has 3 nitrogen and oxygen atoms in total. The van der Waals surface area contributed by atoms with Gasteiger partial charge in [-0.3, -0.25) is 4.68 Å². The number of hydrogen-bond donors (Lipinski definition) is 1. The molecule has 2 aromatic rings. The maximum Gasteiger partial charge on any atom is 0.0762 e. The van der Waals surface area contributed by atoms with Gasteiger partial charge >= 0.3 is 0 Å². The van der Waals surface area contributed by atoms with Crippen LogP contribution in [0.25, 0.3) is 0 Å². The van der Waals surface area contributed by atoms with Gasteiger partial charge in [-0.15, -0.1) is 11.3 Å². The van der Waals surface area contributed by atoms with Crippen LogP contribution >= 0.6 is 11.3 Å². The van der Waals surface area contributed by atoms with E-state index in [1.54, 1.807) is 11.3 Å². The van der Waals surface area contributed by atoms with Crippen molar-refractivity contribution in [3.63, 3.8) is 0 Å². The van der Waals surface area contributed by atoms with Crippen LogP contribution in [-0.2, 0) is 13.6 Å². The van der Waals surface area contributed by atoms with Crippen molar-refractivity contribution in [2.75, 3.05) is 0 Å². The number of thiophene rings is 1. The molecule has 0 aliphatic rings. The average molecular weight is 221 g/mol. The summed E-state index contributed by atoms with van der Waals surface area (Å²) in [5.74, 6) is 0. The van der Waals surface area contributed by atoms with Gasteiger partial charge in [-0.25, -0.2) is 0 Å². The number of hydrogen-bond acceptors (Lipinski definition) is 3. The van der Waals surface area contributed by atoms with Crippen LogP contribution in [0.3, 0.4) is 0 Å². The molecular formula is C11H15N3S. The van der Waals surface area contributed by atoms with Gasteiger partial charge in [-0.2, -0.15) is 5.10 Å². The molecule has 0 fully saturated rings. The van der Waals surface area contributed by atoms with Crippen LogP contribution in [0.15, 0.2) is 29.8 Å². The number of rotatable bonds is 4. The van der Waals surface area contributed by atoms with E-state index >= 15 is 0 Å². The van der Waals surface area contributed by atoms with E-state index in [0.29, 0.717) is 6.04 Å².